The predicted molar refractivity (Wildman–Crippen MR) is 190 cm³/mol. The highest BCUT2D eigenvalue weighted by Gasteiger charge is 2.33. The maximum absolute atomic E-state index is 14.3. The molecular weight excluding hydrogens is 632 g/mol. The Hall–Kier alpha value is -4.61. The van der Waals surface area contributed by atoms with Gasteiger partial charge >= 0.3 is 0 Å². The van der Waals surface area contributed by atoms with Crippen LogP contribution in [0.15, 0.2) is 79.4 Å². The number of fused-ring (bicyclic) bond motifs is 1. The molecule has 0 spiro atoms. The molecule has 2 aromatic carbocycles. The molecule has 0 bridgehead atoms. The molecule has 4 atom stereocenters. The summed E-state index contributed by atoms with van der Waals surface area (Å²) in [5.74, 6) is -1.27. The Morgan fingerprint density at radius 2 is 1.70 bits per heavy atom. The number of amides is 3. The van der Waals surface area contributed by atoms with Crippen LogP contribution in [0.2, 0.25) is 0 Å². The van der Waals surface area contributed by atoms with Crippen LogP contribution in [0.25, 0.3) is 10.8 Å². The molecule has 2 fully saturated rings. The van der Waals surface area contributed by atoms with Crippen LogP contribution in [0.4, 0.5) is 0 Å². The van der Waals surface area contributed by atoms with Crippen molar-refractivity contribution < 1.29 is 24.2 Å². The third-order valence-corrected chi connectivity index (χ3v) is 10.1. The first-order valence-corrected chi connectivity index (χ1v) is 17.9. The van der Waals surface area contributed by atoms with E-state index in [0.717, 1.165) is 42.0 Å². The highest BCUT2D eigenvalue weighted by Crippen LogP contribution is 2.31. The van der Waals surface area contributed by atoms with Gasteiger partial charge in [-0.05, 0) is 47.2 Å². The van der Waals surface area contributed by atoms with Crippen molar-refractivity contribution in [2.24, 2.45) is 11.8 Å². The van der Waals surface area contributed by atoms with Gasteiger partial charge in [0.05, 0.1) is 37.2 Å². The van der Waals surface area contributed by atoms with Gasteiger partial charge < -0.3 is 30.4 Å². The van der Waals surface area contributed by atoms with E-state index < -0.39 is 30.0 Å². The van der Waals surface area contributed by atoms with Crippen LogP contribution in [0, 0.1) is 11.8 Å². The number of rotatable bonds is 14. The molecule has 264 valence electrons. The molecule has 1 aliphatic heterocycles. The minimum Gasteiger partial charge on any atom is -0.385 e. The van der Waals surface area contributed by atoms with E-state index in [9.17, 15) is 19.5 Å². The van der Waals surface area contributed by atoms with Crippen LogP contribution in [0.3, 0.4) is 0 Å². The fraction of sp³-hybridized carbons (Fsp3) is 0.462. The molecule has 2 aromatic heterocycles. The van der Waals surface area contributed by atoms with E-state index in [1.807, 2.05) is 48.5 Å². The van der Waals surface area contributed by atoms with E-state index in [-0.39, 0.29) is 24.7 Å². The van der Waals surface area contributed by atoms with E-state index in [1.54, 1.807) is 29.4 Å². The molecule has 1 saturated heterocycles. The molecule has 4 N–H and O–H groups in total. The zero-order chi connectivity index (χ0) is 34.7. The van der Waals surface area contributed by atoms with Crippen molar-refractivity contribution >= 4 is 28.5 Å². The lowest BCUT2D eigenvalue weighted by molar-refractivity contribution is -0.140. The maximum atomic E-state index is 14.3. The van der Waals surface area contributed by atoms with Crippen LogP contribution in [-0.2, 0) is 32.0 Å². The van der Waals surface area contributed by atoms with Crippen molar-refractivity contribution in [2.75, 3.05) is 26.3 Å². The SMILES string of the molecule is O=C(N[C@@H](Cc1cnc[nH]1)C(=O)N[C@@H](CC1CCCCC1)[C@@H](O)c1ccccn1)[C@@H](CC(=O)N1CCOCC1)Cc1cccc2ccccc12. The number of aromatic nitrogens is 3. The Morgan fingerprint density at radius 3 is 2.46 bits per heavy atom. The highest BCUT2D eigenvalue weighted by atomic mass is 16.5. The quantitative estimate of drug-likeness (QED) is 0.155. The molecule has 2 aliphatic rings. The number of carbonyl (C=O) groups is 3. The first-order chi connectivity index (χ1) is 24.4. The molecule has 6 rings (SSSR count). The number of nitrogens with zero attached hydrogens (tertiary/aromatic N) is 3. The van der Waals surface area contributed by atoms with Crippen molar-refractivity contribution in [1.29, 1.82) is 0 Å². The van der Waals surface area contributed by atoms with Gasteiger partial charge in [0.25, 0.3) is 0 Å². The zero-order valence-corrected chi connectivity index (χ0v) is 28.5. The third-order valence-electron chi connectivity index (χ3n) is 10.1. The number of H-pyrrole nitrogens is 1. The van der Waals surface area contributed by atoms with Crippen molar-refractivity contribution in [3.63, 3.8) is 0 Å². The summed E-state index contributed by atoms with van der Waals surface area (Å²) in [5.41, 5.74) is 2.12. The summed E-state index contributed by atoms with van der Waals surface area (Å²) in [6.45, 7) is 1.88. The van der Waals surface area contributed by atoms with E-state index in [1.165, 1.54) is 12.7 Å². The molecule has 0 unspecified atom stereocenters. The lowest BCUT2D eigenvalue weighted by atomic mass is 9.83. The summed E-state index contributed by atoms with van der Waals surface area (Å²) in [6, 6.07) is 17.8. The lowest BCUT2D eigenvalue weighted by Gasteiger charge is -2.32. The molecule has 3 heterocycles. The average Bonchev–Trinajstić information content (AvgIpc) is 3.68. The lowest BCUT2D eigenvalue weighted by Crippen LogP contribution is -2.54. The molecule has 11 heteroatoms. The van der Waals surface area contributed by atoms with E-state index >= 15 is 0 Å². The van der Waals surface area contributed by atoms with Gasteiger partial charge in [-0.15, -0.1) is 0 Å². The van der Waals surface area contributed by atoms with E-state index in [0.29, 0.717) is 56.5 Å². The van der Waals surface area contributed by atoms with Gasteiger partial charge in [-0.25, -0.2) is 4.98 Å². The van der Waals surface area contributed by atoms with Gasteiger partial charge in [-0.3, -0.25) is 19.4 Å². The Labute approximate surface area is 293 Å². The van der Waals surface area contributed by atoms with Crippen LogP contribution in [0.1, 0.15) is 68.0 Å². The van der Waals surface area contributed by atoms with Gasteiger partial charge in [-0.2, -0.15) is 0 Å². The number of aliphatic hydroxyl groups excluding tert-OH is 1. The molecule has 4 aromatic rings. The molecule has 11 nitrogen and oxygen atoms in total. The number of carbonyl (C=O) groups excluding carboxylic acids is 3. The molecule has 50 heavy (non-hydrogen) atoms. The summed E-state index contributed by atoms with van der Waals surface area (Å²) in [4.78, 5) is 55.4. The first kappa shape index (κ1) is 35.2. The van der Waals surface area contributed by atoms with Crippen molar-refractivity contribution in [2.45, 2.75) is 76.0 Å². The van der Waals surface area contributed by atoms with E-state index in [4.69, 9.17) is 4.74 Å². The molecular formula is C39H48N6O5. The van der Waals surface area contributed by atoms with Crippen molar-refractivity contribution in [3.05, 3.63) is 96.3 Å². The smallest absolute Gasteiger partial charge is 0.243 e. The van der Waals surface area contributed by atoms with Crippen molar-refractivity contribution in [3.8, 4) is 0 Å². The number of aromatic amines is 1. The molecule has 0 radical (unpaired) electrons. The number of nitrogens with one attached hydrogen (secondary N) is 3. The second-order valence-electron chi connectivity index (χ2n) is 13.6. The number of imidazole rings is 1. The largest absolute Gasteiger partial charge is 0.385 e. The number of ether oxygens (including phenoxy) is 1. The predicted octanol–water partition coefficient (Wildman–Crippen LogP) is 4.28. The standard InChI is InChI=1S/C39H48N6O5/c46-36(45-17-19-50-20-18-45)23-30(22-29-13-8-12-28-11-4-5-14-32(28)29)38(48)44-35(24-31-25-40-26-42-31)39(49)43-34(21-27-9-2-1-3-10-27)37(47)33-15-6-7-16-41-33/h4-8,11-16,25-27,30,34-35,37,47H,1-3,9-10,17-24H2,(H,40,42)(H,43,49)(H,44,48)/t30-,34+,35+,37+/m1/s1. The fourth-order valence-electron chi connectivity index (χ4n) is 7.35. The van der Waals surface area contributed by atoms with Gasteiger partial charge in [0.2, 0.25) is 17.7 Å². The minimum atomic E-state index is -1.02. The number of pyridine rings is 1. The highest BCUT2D eigenvalue weighted by molar-refractivity contribution is 5.92. The number of hydrogen-bond donors (Lipinski definition) is 4. The number of morpholine rings is 1. The maximum Gasteiger partial charge on any atom is 0.243 e. The normalized spacial score (nSPS) is 17.8. The van der Waals surface area contributed by atoms with Gasteiger partial charge in [-0.1, -0.05) is 80.6 Å². The van der Waals surface area contributed by atoms with E-state index in [2.05, 4.69) is 25.6 Å². The summed E-state index contributed by atoms with van der Waals surface area (Å²) in [5, 5.41) is 19.7. The Kier molecular flexibility index (Phi) is 12.2. The molecule has 1 saturated carbocycles. The summed E-state index contributed by atoms with van der Waals surface area (Å²) in [6.07, 6.45) is 10.4. The van der Waals surface area contributed by atoms with Crippen LogP contribution >= 0.6 is 0 Å². The first-order valence-electron chi connectivity index (χ1n) is 17.9. The summed E-state index contributed by atoms with van der Waals surface area (Å²) >= 11 is 0. The second-order valence-corrected chi connectivity index (χ2v) is 13.6. The topological polar surface area (TPSA) is 150 Å². The summed E-state index contributed by atoms with van der Waals surface area (Å²) in [7, 11) is 0. The van der Waals surface area contributed by atoms with Crippen molar-refractivity contribution in [1.82, 2.24) is 30.5 Å². The van der Waals surface area contributed by atoms with Crippen LogP contribution in [-0.4, -0.2) is 81.1 Å². The zero-order valence-electron chi connectivity index (χ0n) is 28.5. The Bertz CT molecular complexity index is 1680. The van der Waals surface area contributed by atoms with Crippen LogP contribution < -0.4 is 10.6 Å². The summed E-state index contributed by atoms with van der Waals surface area (Å²) < 4.78 is 5.45. The molecule has 1 aliphatic carbocycles. The Balaban J connectivity index is 1.25. The van der Waals surface area contributed by atoms with Gasteiger partial charge in [0.15, 0.2) is 0 Å². The molecule has 3 amide bonds. The monoisotopic (exact) mass is 680 g/mol. The Morgan fingerprint density at radius 1 is 0.920 bits per heavy atom. The fourth-order valence-corrected chi connectivity index (χ4v) is 7.35. The number of benzene rings is 2. The second kappa shape index (κ2) is 17.4. The minimum absolute atomic E-state index is 0.00382. The third kappa shape index (κ3) is 9.34. The number of hydrogen-bond acceptors (Lipinski definition) is 7. The van der Waals surface area contributed by atoms with Crippen LogP contribution in [0.5, 0.6) is 0 Å². The van der Waals surface area contributed by atoms with Gasteiger partial charge in [0, 0.05) is 44.0 Å². The number of aliphatic hydroxyl groups is 1. The van der Waals surface area contributed by atoms with Gasteiger partial charge in [0.1, 0.15) is 12.1 Å². The average molecular weight is 681 g/mol.